The monoisotopic (exact) mass is 772 g/mol. The van der Waals surface area contributed by atoms with Crippen molar-refractivity contribution < 1.29 is 8.02 Å². The maximum absolute atomic E-state index is 8.68. The van der Waals surface area contributed by atoms with Gasteiger partial charge in [0.25, 0.3) is 0 Å². The molecule has 0 aliphatic rings. The molecule has 0 bridgehead atoms. The summed E-state index contributed by atoms with van der Waals surface area (Å²) in [5.74, 6) is 0. The Labute approximate surface area is 268 Å². The van der Waals surface area contributed by atoms with Crippen LogP contribution in [0.5, 0.6) is 0 Å². The normalized spacial score (nSPS) is 14.7. The molecule has 0 saturated carbocycles. The van der Waals surface area contributed by atoms with Gasteiger partial charge in [0.2, 0.25) is 0 Å². The van der Waals surface area contributed by atoms with Gasteiger partial charge in [-0.3, -0.25) is 0 Å². The van der Waals surface area contributed by atoms with Gasteiger partial charge in [0.15, 0.2) is 0 Å². The molecule has 7 heteroatoms. The standard InChI is InChI=1S/2C18H15P.4ClH.Pd/c2*1-4-10-16(11-5-1)19(17-12-6-2-7-13-17)18-14-8-3-9-15-18;;;;;/h2*1-15H;4*1H;/q;;;;;;+2/p-2. The van der Waals surface area contributed by atoms with Gasteiger partial charge in [0.1, 0.15) is 0 Å². The van der Waals surface area contributed by atoms with Crippen LogP contribution < -0.4 is 31.8 Å². The zero-order valence-corrected chi connectivity index (χ0v) is 29.7. The predicted octanol–water partition coefficient (Wildman–Crippen LogP) is 9.11. The minimum atomic E-state index is -6.39. The molecule has 43 heavy (non-hydrogen) atoms. The summed E-state index contributed by atoms with van der Waals surface area (Å²) in [5, 5.41) is 5.81. The first-order valence-electron chi connectivity index (χ1n) is 13.8. The summed E-state index contributed by atoms with van der Waals surface area (Å²) in [5.41, 5.74) is -7.60. The van der Waals surface area contributed by atoms with E-state index in [-0.39, 0.29) is 0 Å². The third-order valence-electron chi connectivity index (χ3n) is 7.88. The van der Waals surface area contributed by atoms with E-state index in [1.165, 1.54) is 0 Å². The van der Waals surface area contributed by atoms with E-state index in [1.807, 2.05) is 109 Å². The van der Waals surface area contributed by atoms with Crippen LogP contribution in [0.1, 0.15) is 0 Å². The van der Waals surface area contributed by atoms with Crippen LogP contribution in [-0.2, 0) is 8.02 Å². The molecule has 6 aromatic carbocycles. The van der Waals surface area contributed by atoms with Gasteiger partial charge in [-0.2, -0.15) is 0 Å². The van der Waals surface area contributed by atoms with E-state index in [9.17, 15) is 0 Å². The van der Waals surface area contributed by atoms with Gasteiger partial charge >= 0.3 is 271 Å². The molecular formula is C36H32Cl4P2Pd. The Balaban J connectivity index is 1.97. The Bertz CT molecular complexity index is 1490. The van der Waals surface area contributed by atoms with E-state index < -0.39 is 18.9 Å². The SMILES string of the molecule is [Cl][Pd]([Cl])([Cl])([Cl])([PH](c1ccccc1)(c1ccccc1)c1ccccc1)[PH](c1ccccc1)(c1ccccc1)c1ccccc1. The van der Waals surface area contributed by atoms with Crippen LogP contribution in [0.3, 0.4) is 0 Å². The minimum absolute atomic E-state index is 0.968. The molecule has 0 amide bonds. The predicted molar refractivity (Wildman–Crippen MR) is 196 cm³/mol. The molecule has 224 valence electrons. The van der Waals surface area contributed by atoms with Crippen molar-refractivity contribution >= 4 is 80.8 Å². The second-order valence-corrected chi connectivity index (χ2v) is 66.4. The van der Waals surface area contributed by atoms with Gasteiger partial charge < -0.3 is 0 Å². The van der Waals surface area contributed by atoms with Gasteiger partial charge in [-0.25, -0.2) is 0 Å². The summed E-state index contributed by atoms with van der Waals surface area (Å²) in [6.07, 6.45) is 0. The third kappa shape index (κ3) is 4.61. The topological polar surface area (TPSA) is 0 Å². The molecule has 0 aromatic heterocycles. The van der Waals surface area contributed by atoms with Gasteiger partial charge in [-0.15, -0.1) is 0 Å². The van der Waals surface area contributed by atoms with Crippen molar-refractivity contribution in [1.29, 1.82) is 0 Å². The molecule has 0 heterocycles. The molecule has 0 unspecified atom stereocenters. The molecule has 0 nitrogen and oxygen atoms in total. The number of hydrogen-bond acceptors (Lipinski definition) is 0. The average Bonchev–Trinajstić information content (AvgIpc) is 3.04. The van der Waals surface area contributed by atoms with Gasteiger partial charge in [0, 0.05) is 0 Å². The first kappa shape index (κ1) is 31.0. The third-order valence-corrected chi connectivity index (χ3v) is 72.4. The quantitative estimate of drug-likeness (QED) is 0.107. The van der Waals surface area contributed by atoms with Crippen molar-refractivity contribution in [3.8, 4) is 0 Å². The molecule has 0 aliphatic heterocycles. The van der Waals surface area contributed by atoms with Crippen molar-refractivity contribution in [3.63, 3.8) is 0 Å². The van der Waals surface area contributed by atoms with E-state index >= 15 is 0 Å². The Hall–Kier alpha value is -2.00. The molecule has 0 saturated heterocycles. The van der Waals surface area contributed by atoms with Gasteiger partial charge in [-0.1, -0.05) is 0 Å². The molecular weight excluding hydrogens is 743 g/mol. The Morgan fingerprint density at radius 3 is 0.535 bits per heavy atom. The van der Waals surface area contributed by atoms with Crippen molar-refractivity contribution in [3.05, 3.63) is 182 Å². The summed E-state index contributed by atoms with van der Waals surface area (Å²) < 4.78 is 0. The molecule has 6 rings (SSSR count). The van der Waals surface area contributed by atoms with E-state index in [4.69, 9.17) is 38.1 Å². The fourth-order valence-electron chi connectivity index (χ4n) is 6.22. The molecule has 0 radical (unpaired) electrons. The summed E-state index contributed by atoms with van der Waals surface area (Å²) in [6.45, 7) is 0. The van der Waals surface area contributed by atoms with Crippen LogP contribution in [0.25, 0.3) is 0 Å². The molecule has 0 spiro atoms. The number of hydrogen-bond donors (Lipinski definition) is 0. The fraction of sp³-hybridized carbons (Fsp3) is 0. The first-order chi connectivity index (χ1) is 20.7. The first-order valence-corrected chi connectivity index (χ1v) is 30.1. The van der Waals surface area contributed by atoms with Gasteiger partial charge in [0.05, 0.1) is 0 Å². The summed E-state index contributed by atoms with van der Waals surface area (Å²) in [6, 6.07) is 61.7. The van der Waals surface area contributed by atoms with Crippen molar-refractivity contribution in [2.45, 2.75) is 0 Å². The second-order valence-electron chi connectivity index (χ2n) is 10.2. The van der Waals surface area contributed by atoms with E-state index in [0.29, 0.717) is 0 Å². The summed E-state index contributed by atoms with van der Waals surface area (Å²) >= 11 is 0. The van der Waals surface area contributed by atoms with Crippen LogP contribution in [0.15, 0.2) is 182 Å². The number of benzene rings is 6. The zero-order chi connectivity index (χ0) is 30.1. The Kier molecular flexibility index (Phi) is 8.23. The molecule has 0 N–H and O–H groups in total. The van der Waals surface area contributed by atoms with Crippen molar-refractivity contribution in [2.75, 3.05) is 0 Å². The van der Waals surface area contributed by atoms with Gasteiger partial charge in [-0.05, 0) is 0 Å². The van der Waals surface area contributed by atoms with Crippen LogP contribution in [0, 0.1) is 0 Å². The van der Waals surface area contributed by atoms with Crippen molar-refractivity contribution in [2.24, 2.45) is 0 Å². The fourth-order valence-corrected chi connectivity index (χ4v) is 83.5. The van der Waals surface area contributed by atoms with Crippen LogP contribution in [-0.4, -0.2) is 0 Å². The maximum atomic E-state index is 8.68. The average molecular weight is 775 g/mol. The van der Waals surface area contributed by atoms with Crippen LogP contribution in [0.2, 0.25) is 0 Å². The van der Waals surface area contributed by atoms with Crippen LogP contribution in [0.4, 0.5) is 0 Å². The second kappa shape index (κ2) is 11.4. The number of halogens is 4. The zero-order valence-electron chi connectivity index (χ0n) is 23.1. The molecule has 6 aromatic rings. The Morgan fingerprint density at radius 1 is 0.256 bits per heavy atom. The molecule has 0 fully saturated rings. The van der Waals surface area contributed by atoms with Crippen molar-refractivity contribution in [1.82, 2.24) is 0 Å². The Morgan fingerprint density at radius 2 is 0.395 bits per heavy atom. The molecule has 0 aliphatic carbocycles. The number of rotatable bonds is 8. The summed E-state index contributed by atoms with van der Waals surface area (Å²) in [4.78, 5) is 0. The van der Waals surface area contributed by atoms with Crippen LogP contribution >= 0.6 is 49.0 Å². The van der Waals surface area contributed by atoms with E-state index in [2.05, 4.69) is 72.8 Å². The van der Waals surface area contributed by atoms with E-state index in [0.717, 1.165) is 31.8 Å². The summed E-state index contributed by atoms with van der Waals surface area (Å²) in [7, 11) is 28.3. The molecule has 0 atom stereocenters. The van der Waals surface area contributed by atoms with E-state index in [1.54, 1.807) is 0 Å².